The zero-order valence-electron chi connectivity index (χ0n) is 19.6. The van der Waals surface area contributed by atoms with Crippen molar-refractivity contribution in [3.8, 4) is 5.75 Å². The van der Waals surface area contributed by atoms with E-state index in [1.165, 1.54) is 11.8 Å². The van der Waals surface area contributed by atoms with Crippen LogP contribution in [0.15, 0.2) is 53.7 Å². The van der Waals surface area contributed by atoms with Crippen molar-refractivity contribution in [3.63, 3.8) is 0 Å². The van der Waals surface area contributed by atoms with Crippen LogP contribution in [0.3, 0.4) is 0 Å². The van der Waals surface area contributed by atoms with E-state index >= 15 is 0 Å². The van der Waals surface area contributed by atoms with Crippen LogP contribution in [-0.2, 0) is 4.79 Å². The van der Waals surface area contributed by atoms with Crippen molar-refractivity contribution in [2.45, 2.75) is 50.7 Å². The summed E-state index contributed by atoms with van der Waals surface area (Å²) in [5.41, 5.74) is 1.49. The lowest BCUT2D eigenvalue weighted by atomic mass is 10.1. The van der Waals surface area contributed by atoms with E-state index in [-0.39, 0.29) is 23.5 Å². The number of hydrogen-bond acceptors (Lipinski definition) is 6. The second kappa shape index (κ2) is 10.7. The van der Waals surface area contributed by atoms with Gasteiger partial charge in [0.2, 0.25) is 5.91 Å². The number of hydrogen-bond donors (Lipinski definition) is 2. The predicted molar refractivity (Wildman–Crippen MR) is 134 cm³/mol. The molecule has 8 nitrogen and oxygen atoms in total. The van der Waals surface area contributed by atoms with E-state index in [2.05, 4.69) is 39.2 Å². The van der Waals surface area contributed by atoms with Crippen molar-refractivity contribution < 1.29 is 14.3 Å². The van der Waals surface area contributed by atoms with Crippen LogP contribution in [0, 0.1) is 0 Å². The number of rotatable bonds is 10. The molecule has 34 heavy (non-hydrogen) atoms. The molecule has 178 valence electrons. The summed E-state index contributed by atoms with van der Waals surface area (Å²) in [5.74, 6) is 1.64. The molecule has 0 saturated heterocycles. The molecule has 0 bridgehead atoms. The third kappa shape index (κ3) is 5.77. The van der Waals surface area contributed by atoms with Crippen LogP contribution in [0.5, 0.6) is 5.75 Å². The maximum Gasteiger partial charge on any atom is 0.257 e. The molecule has 2 N–H and O–H groups in total. The van der Waals surface area contributed by atoms with Crippen LogP contribution >= 0.6 is 11.8 Å². The number of para-hydroxylation sites is 1. The second-order valence-corrected chi connectivity index (χ2v) is 9.33. The van der Waals surface area contributed by atoms with Gasteiger partial charge in [0.1, 0.15) is 11.6 Å². The van der Waals surface area contributed by atoms with Crippen molar-refractivity contribution in [2.75, 3.05) is 23.0 Å². The Morgan fingerprint density at radius 3 is 2.50 bits per heavy atom. The normalized spacial score (nSPS) is 13.1. The number of aromatic nitrogens is 3. The van der Waals surface area contributed by atoms with Crippen LogP contribution in [-0.4, -0.2) is 38.9 Å². The van der Waals surface area contributed by atoms with E-state index in [1.807, 2.05) is 6.92 Å². The number of ether oxygens (including phenoxy) is 1. The van der Waals surface area contributed by atoms with Gasteiger partial charge in [0.25, 0.3) is 5.91 Å². The van der Waals surface area contributed by atoms with E-state index in [0.717, 1.165) is 29.6 Å². The van der Waals surface area contributed by atoms with E-state index < -0.39 is 0 Å². The SMILES string of the molecule is CCOc1ccc(NC(=O)c2ccccc2NC(=O)CSc2nnc(C(C)C)n2C2CC2)cc1. The first kappa shape index (κ1) is 23.8. The summed E-state index contributed by atoms with van der Waals surface area (Å²) in [4.78, 5) is 25.6. The third-order valence-electron chi connectivity index (χ3n) is 5.32. The van der Waals surface area contributed by atoms with Gasteiger partial charge in [-0.3, -0.25) is 9.59 Å². The zero-order chi connectivity index (χ0) is 24.1. The zero-order valence-corrected chi connectivity index (χ0v) is 20.4. The molecule has 0 aliphatic heterocycles. The highest BCUT2D eigenvalue weighted by Crippen LogP contribution is 2.40. The molecule has 1 heterocycles. The molecular weight excluding hydrogens is 450 g/mol. The second-order valence-electron chi connectivity index (χ2n) is 8.39. The molecule has 1 saturated carbocycles. The minimum Gasteiger partial charge on any atom is -0.494 e. The minimum atomic E-state index is -0.303. The van der Waals surface area contributed by atoms with Crippen molar-refractivity contribution in [1.29, 1.82) is 0 Å². The minimum absolute atomic E-state index is 0.178. The van der Waals surface area contributed by atoms with Crippen LogP contribution in [0.2, 0.25) is 0 Å². The lowest BCUT2D eigenvalue weighted by Crippen LogP contribution is -2.19. The molecular formula is C25H29N5O3S. The van der Waals surface area contributed by atoms with Gasteiger partial charge in [0.05, 0.1) is 23.6 Å². The summed E-state index contributed by atoms with van der Waals surface area (Å²) in [6, 6.07) is 14.6. The maximum absolute atomic E-state index is 12.9. The lowest BCUT2D eigenvalue weighted by molar-refractivity contribution is -0.113. The molecule has 1 aromatic heterocycles. The number of benzene rings is 2. The van der Waals surface area contributed by atoms with E-state index in [1.54, 1.807) is 48.5 Å². The third-order valence-corrected chi connectivity index (χ3v) is 6.26. The number of nitrogens with one attached hydrogen (secondary N) is 2. The molecule has 0 unspecified atom stereocenters. The van der Waals surface area contributed by atoms with Crippen LogP contribution < -0.4 is 15.4 Å². The Hall–Kier alpha value is -3.33. The van der Waals surface area contributed by atoms with Gasteiger partial charge in [-0.2, -0.15) is 0 Å². The van der Waals surface area contributed by atoms with Gasteiger partial charge in [0, 0.05) is 17.6 Å². The summed E-state index contributed by atoms with van der Waals surface area (Å²) in [6.07, 6.45) is 2.24. The van der Waals surface area contributed by atoms with E-state index in [0.29, 0.717) is 29.6 Å². The molecule has 9 heteroatoms. The monoisotopic (exact) mass is 479 g/mol. The number of thioether (sulfide) groups is 1. The highest BCUT2D eigenvalue weighted by atomic mass is 32.2. The fraction of sp³-hybridized carbons (Fsp3) is 0.360. The van der Waals surface area contributed by atoms with Crippen molar-refractivity contribution in [1.82, 2.24) is 14.8 Å². The number of amides is 2. The Morgan fingerprint density at radius 2 is 1.82 bits per heavy atom. The van der Waals surface area contributed by atoms with Crippen LogP contribution in [0.25, 0.3) is 0 Å². The first-order chi connectivity index (χ1) is 16.5. The van der Waals surface area contributed by atoms with Gasteiger partial charge in [-0.05, 0) is 56.2 Å². The molecule has 2 aromatic carbocycles. The summed E-state index contributed by atoms with van der Waals surface area (Å²) in [7, 11) is 0. The van der Waals surface area contributed by atoms with Gasteiger partial charge < -0.3 is 19.9 Å². The van der Waals surface area contributed by atoms with Gasteiger partial charge in [-0.15, -0.1) is 10.2 Å². The standard InChI is InChI=1S/C25H29N5O3S/c1-4-33-19-13-9-17(10-14-19)26-24(32)20-7-5-6-8-21(20)27-22(31)15-34-25-29-28-23(16(2)3)30(25)18-11-12-18/h5-10,13-14,16,18H,4,11-12,15H2,1-3H3,(H,26,32)(H,27,31). The largest absolute Gasteiger partial charge is 0.494 e. The van der Waals surface area contributed by atoms with Gasteiger partial charge in [-0.25, -0.2) is 0 Å². The Kier molecular flexibility index (Phi) is 7.52. The summed E-state index contributed by atoms with van der Waals surface area (Å²) < 4.78 is 7.60. The summed E-state index contributed by atoms with van der Waals surface area (Å²) in [6.45, 7) is 6.69. The average molecular weight is 480 g/mol. The van der Waals surface area contributed by atoms with E-state index in [4.69, 9.17) is 4.74 Å². The molecule has 3 aromatic rings. The molecule has 0 radical (unpaired) electrons. The fourth-order valence-electron chi connectivity index (χ4n) is 3.56. The van der Waals surface area contributed by atoms with Crippen LogP contribution in [0.1, 0.15) is 61.8 Å². The molecule has 1 fully saturated rings. The first-order valence-electron chi connectivity index (χ1n) is 11.5. The summed E-state index contributed by atoms with van der Waals surface area (Å²) in [5, 5.41) is 15.1. The van der Waals surface area contributed by atoms with Crippen LogP contribution in [0.4, 0.5) is 11.4 Å². The highest BCUT2D eigenvalue weighted by Gasteiger charge is 2.30. The predicted octanol–water partition coefficient (Wildman–Crippen LogP) is 5.12. The van der Waals surface area contributed by atoms with E-state index in [9.17, 15) is 9.59 Å². The fourth-order valence-corrected chi connectivity index (χ4v) is 4.38. The molecule has 4 rings (SSSR count). The number of nitrogens with zero attached hydrogens (tertiary/aromatic N) is 3. The average Bonchev–Trinajstić information content (AvgIpc) is 3.57. The topological polar surface area (TPSA) is 98.1 Å². The molecule has 2 amide bonds. The molecule has 1 aliphatic rings. The lowest BCUT2D eigenvalue weighted by Gasteiger charge is -2.12. The Bertz CT molecular complexity index is 1160. The molecule has 0 spiro atoms. The summed E-state index contributed by atoms with van der Waals surface area (Å²) >= 11 is 1.37. The highest BCUT2D eigenvalue weighted by molar-refractivity contribution is 7.99. The van der Waals surface area contributed by atoms with Crippen molar-refractivity contribution in [3.05, 3.63) is 59.9 Å². The Balaban J connectivity index is 1.39. The number of carbonyl (C=O) groups excluding carboxylic acids is 2. The molecule has 1 aliphatic carbocycles. The Morgan fingerprint density at radius 1 is 1.09 bits per heavy atom. The number of anilines is 2. The van der Waals surface area contributed by atoms with Gasteiger partial charge in [-0.1, -0.05) is 37.7 Å². The number of carbonyl (C=O) groups is 2. The quantitative estimate of drug-likeness (QED) is 0.392. The smallest absolute Gasteiger partial charge is 0.257 e. The maximum atomic E-state index is 12.9. The van der Waals surface area contributed by atoms with Crippen molar-refractivity contribution in [2.24, 2.45) is 0 Å². The Labute approximate surface area is 203 Å². The first-order valence-corrected chi connectivity index (χ1v) is 12.5. The van der Waals surface area contributed by atoms with Crippen molar-refractivity contribution >= 4 is 35.0 Å². The van der Waals surface area contributed by atoms with Gasteiger partial charge in [0.15, 0.2) is 5.16 Å². The molecule has 0 atom stereocenters. The van der Waals surface area contributed by atoms with Gasteiger partial charge >= 0.3 is 0 Å².